The van der Waals surface area contributed by atoms with Gasteiger partial charge in [-0.2, -0.15) is 0 Å². The summed E-state index contributed by atoms with van der Waals surface area (Å²) in [5.74, 6) is 0.0662. The second-order valence-electron chi connectivity index (χ2n) is 7.08. The van der Waals surface area contributed by atoms with Gasteiger partial charge in [0.05, 0.1) is 6.42 Å². The molecule has 142 valence electrons. The van der Waals surface area contributed by atoms with E-state index < -0.39 is 5.79 Å². The van der Waals surface area contributed by atoms with Gasteiger partial charge in [-0.1, -0.05) is 82.7 Å². The molecule has 29 heavy (non-hydrogen) atoms. The fourth-order valence-corrected chi connectivity index (χ4v) is 3.93. The Hall–Kier alpha value is -3.11. The number of ketones is 1. The van der Waals surface area contributed by atoms with Crippen LogP contribution in [0.25, 0.3) is 10.8 Å². The molecule has 3 nitrogen and oxygen atoms in total. The largest absolute Gasteiger partial charge is 0.444 e. The van der Waals surface area contributed by atoms with E-state index in [1.807, 2.05) is 91.0 Å². The van der Waals surface area contributed by atoms with E-state index in [9.17, 15) is 4.79 Å². The van der Waals surface area contributed by atoms with E-state index in [0.717, 1.165) is 20.8 Å². The average molecular weight is 445 g/mol. The Balaban J connectivity index is 1.56. The van der Waals surface area contributed by atoms with Gasteiger partial charge in [-0.05, 0) is 35.0 Å². The summed E-state index contributed by atoms with van der Waals surface area (Å²) in [6, 6.07) is 29.0. The highest BCUT2D eigenvalue weighted by molar-refractivity contribution is 9.10. The van der Waals surface area contributed by atoms with Crippen molar-refractivity contribution in [2.75, 3.05) is 0 Å². The number of carbonyl (C=O) groups excluding carboxylic acids is 1. The molecule has 0 radical (unpaired) electrons. The van der Waals surface area contributed by atoms with Crippen molar-refractivity contribution in [3.05, 3.63) is 107 Å². The lowest BCUT2D eigenvalue weighted by Gasteiger charge is -2.27. The third-order valence-electron chi connectivity index (χ3n) is 5.13. The Morgan fingerprint density at radius 3 is 1.90 bits per heavy atom. The Labute approximate surface area is 177 Å². The smallest absolute Gasteiger partial charge is 0.285 e. The van der Waals surface area contributed by atoms with Gasteiger partial charge in [0.25, 0.3) is 5.79 Å². The second-order valence-corrected chi connectivity index (χ2v) is 7.99. The predicted octanol–water partition coefficient (Wildman–Crippen LogP) is 6.50. The van der Waals surface area contributed by atoms with Gasteiger partial charge in [-0.3, -0.25) is 4.79 Å². The van der Waals surface area contributed by atoms with Gasteiger partial charge >= 0.3 is 0 Å². The number of carbonyl (C=O) groups is 1. The van der Waals surface area contributed by atoms with Crippen LogP contribution in [0.3, 0.4) is 0 Å². The molecule has 0 aliphatic carbocycles. The van der Waals surface area contributed by atoms with E-state index in [1.165, 1.54) is 0 Å². The van der Waals surface area contributed by atoms with Gasteiger partial charge in [0.2, 0.25) is 0 Å². The minimum Gasteiger partial charge on any atom is -0.444 e. The standard InChI is InChI=1S/C25H17BrO3/c26-21-12-10-17(11-13-21)22(27)16-25(20-8-2-1-3-9-20)28-23-14-18-6-4-5-7-19(18)15-24(23)29-25/h1-15H,16H2. The predicted molar refractivity (Wildman–Crippen MR) is 116 cm³/mol. The van der Waals surface area contributed by atoms with Crippen LogP contribution in [0.4, 0.5) is 0 Å². The number of fused-ring (bicyclic) bond motifs is 2. The third kappa shape index (κ3) is 3.30. The summed E-state index contributed by atoms with van der Waals surface area (Å²) in [6.45, 7) is 0. The molecule has 0 bridgehead atoms. The van der Waals surface area contributed by atoms with Gasteiger partial charge in [-0.15, -0.1) is 0 Å². The van der Waals surface area contributed by atoms with Crippen LogP contribution < -0.4 is 9.47 Å². The van der Waals surface area contributed by atoms with E-state index >= 15 is 0 Å². The molecule has 1 aliphatic heterocycles. The van der Waals surface area contributed by atoms with Crippen LogP contribution >= 0.6 is 15.9 Å². The summed E-state index contributed by atoms with van der Waals surface area (Å²) in [7, 11) is 0. The van der Waals surface area contributed by atoms with Crippen molar-refractivity contribution in [2.24, 2.45) is 0 Å². The molecular formula is C25H17BrO3. The van der Waals surface area contributed by atoms with E-state index in [0.29, 0.717) is 17.1 Å². The third-order valence-corrected chi connectivity index (χ3v) is 5.66. The summed E-state index contributed by atoms with van der Waals surface area (Å²) in [4.78, 5) is 13.1. The van der Waals surface area contributed by atoms with E-state index in [1.54, 1.807) is 0 Å². The van der Waals surface area contributed by atoms with Crippen molar-refractivity contribution in [1.29, 1.82) is 0 Å². The zero-order valence-electron chi connectivity index (χ0n) is 15.5. The molecule has 0 amide bonds. The van der Waals surface area contributed by atoms with Gasteiger partial charge in [-0.25, -0.2) is 0 Å². The fraction of sp³-hybridized carbons (Fsp3) is 0.0800. The first-order valence-electron chi connectivity index (χ1n) is 9.38. The zero-order chi connectivity index (χ0) is 19.8. The van der Waals surface area contributed by atoms with Crippen LogP contribution in [-0.4, -0.2) is 5.78 Å². The molecule has 5 rings (SSSR count). The van der Waals surface area contributed by atoms with Crippen LogP contribution in [0.15, 0.2) is 95.5 Å². The molecular weight excluding hydrogens is 428 g/mol. The average Bonchev–Trinajstić information content (AvgIpc) is 3.11. The minimum atomic E-state index is -1.19. The van der Waals surface area contributed by atoms with Crippen LogP contribution in [0.5, 0.6) is 11.5 Å². The van der Waals surface area contributed by atoms with Crippen molar-refractivity contribution in [3.63, 3.8) is 0 Å². The molecule has 0 unspecified atom stereocenters. The molecule has 4 aromatic rings. The number of hydrogen-bond donors (Lipinski definition) is 0. The Morgan fingerprint density at radius 1 is 0.759 bits per heavy atom. The quantitative estimate of drug-likeness (QED) is 0.337. The summed E-state index contributed by atoms with van der Waals surface area (Å²) < 4.78 is 13.6. The maximum Gasteiger partial charge on any atom is 0.285 e. The van der Waals surface area contributed by atoms with Gasteiger partial charge in [0.1, 0.15) is 0 Å². The van der Waals surface area contributed by atoms with Crippen LogP contribution in [0.1, 0.15) is 22.3 Å². The van der Waals surface area contributed by atoms with Gasteiger partial charge in [0, 0.05) is 15.6 Å². The van der Waals surface area contributed by atoms with Crippen molar-refractivity contribution in [1.82, 2.24) is 0 Å². The number of ether oxygens (including phenoxy) is 2. The Kier molecular flexibility index (Phi) is 4.36. The molecule has 1 heterocycles. The van der Waals surface area contributed by atoms with E-state index in [-0.39, 0.29) is 12.2 Å². The lowest BCUT2D eigenvalue weighted by Crippen LogP contribution is -2.38. The highest BCUT2D eigenvalue weighted by atomic mass is 79.9. The zero-order valence-corrected chi connectivity index (χ0v) is 17.1. The minimum absolute atomic E-state index is 0.0429. The Bertz CT molecular complexity index is 1160. The number of halogens is 1. The number of Topliss-reactive ketones (excluding diaryl/α,β-unsaturated/α-hetero) is 1. The van der Waals surface area contributed by atoms with Crippen molar-refractivity contribution >= 4 is 32.5 Å². The van der Waals surface area contributed by atoms with Crippen molar-refractivity contribution < 1.29 is 14.3 Å². The molecule has 0 saturated carbocycles. The number of benzene rings is 4. The molecule has 4 aromatic carbocycles. The maximum atomic E-state index is 13.1. The Morgan fingerprint density at radius 2 is 1.31 bits per heavy atom. The topological polar surface area (TPSA) is 35.5 Å². The SMILES string of the molecule is O=C(CC1(c2ccccc2)Oc2cc3ccccc3cc2O1)c1ccc(Br)cc1. The molecule has 0 saturated heterocycles. The lowest BCUT2D eigenvalue weighted by molar-refractivity contribution is -0.0846. The van der Waals surface area contributed by atoms with Crippen molar-refractivity contribution in [2.45, 2.75) is 12.2 Å². The summed E-state index contributed by atoms with van der Waals surface area (Å²) in [5.41, 5.74) is 1.43. The lowest BCUT2D eigenvalue weighted by atomic mass is 9.96. The molecule has 1 aliphatic rings. The normalized spacial score (nSPS) is 14.1. The molecule has 0 spiro atoms. The summed E-state index contributed by atoms with van der Waals surface area (Å²) in [6.07, 6.45) is 0.0731. The van der Waals surface area contributed by atoms with E-state index in [4.69, 9.17) is 9.47 Å². The first-order chi connectivity index (χ1) is 14.1. The number of hydrogen-bond acceptors (Lipinski definition) is 3. The van der Waals surface area contributed by atoms with Gasteiger partial charge in [0.15, 0.2) is 17.3 Å². The molecule has 0 aromatic heterocycles. The maximum absolute atomic E-state index is 13.1. The van der Waals surface area contributed by atoms with E-state index in [2.05, 4.69) is 15.9 Å². The van der Waals surface area contributed by atoms with Crippen molar-refractivity contribution in [3.8, 4) is 11.5 Å². The van der Waals surface area contributed by atoms with Crippen LogP contribution in [0.2, 0.25) is 0 Å². The monoisotopic (exact) mass is 444 g/mol. The first-order valence-corrected chi connectivity index (χ1v) is 10.2. The highest BCUT2D eigenvalue weighted by Gasteiger charge is 2.45. The first kappa shape index (κ1) is 18.0. The van der Waals surface area contributed by atoms with Gasteiger partial charge < -0.3 is 9.47 Å². The fourth-order valence-electron chi connectivity index (χ4n) is 3.67. The van der Waals surface area contributed by atoms with Crippen LogP contribution in [-0.2, 0) is 5.79 Å². The summed E-state index contributed by atoms with van der Waals surface area (Å²) in [5, 5.41) is 2.14. The summed E-state index contributed by atoms with van der Waals surface area (Å²) >= 11 is 3.41. The molecule has 0 atom stereocenters. The second kappa shape index (κ2) is 7.05. The highest BCUT2D eigenvalue weighted by Crippen LogP contribution is 2.48. The molecule has 4 heteroatoms. The molecule has 0 fully saturated rings. The number of rotatable bonds is 4. The molecule has 0 N–H and O–H groups in total. The van der Waals surface area contributed by atoms with Crippen LogP contribution in [0, 0.1) is 0 Å².